The van der Waals surface area contributed by atoms with Crippen LogP contribution in [0.25, 0.3) is 0 Å². The fourth-order valence-electron chi connectivity index (χ4n) is 0.966. The van der Waals surface area contributed by atoms with Crippen LogP contribution in [0.2, 0.25) is 0 Å². The summed E-state index contributed by atoms with van der Waals surface area (Å²) in [7, 11) is 0. The summed E-state index contributed by atoms with van der Waals surface area (Å²) < 4.78 is 5.32. The van der Waals surface area contributed by atoms with Crippen molar-refractivity contribution in [1.29, 1.82) is 0 Å². The maximum atomic E-state index is 10.7. The molecule has 0 aromatic heterocycles. The third kappa shape index (κ3) is 1.87. The molecule has 2 heteroatoms. The van der Waals surface area contributed by atoms with Crippen LogP contribution in [-0.2, 0) is 9.53 Å². The van der Waals surface area contributed by atoms with Crippen LogP contribution in [-0.4, -0.2) is 11.9 Å². The highest BCUT2D eigenvalue weighted by molar-refractivity contribution is 5.92. The number of hydrogen-bond donors (Lipinski definition) is 0. The van der Waals surface area contributed by atoms with Crippen molar-refractivity contribution in [2.24, 2.45) is 0 Å². The smallest absolute Gasteiger partial charge is 0.159 e. The van der Waals surface area contributed by atoms with E-state index >= 15 is 0 Å². The zero-order chi connectivity index (χ0) is 7.56. The Bertz CT molecular complexity index is 168. The number of ketones is 1. The van der Waals surface area contributed by atoms with Crippen molar-refractivity contribution in [3.8, 4) is 0 Å². The maximum absolute atomic E-state index is 10.7. The summed E-state index contributed by atoms with van der Waals surface area (Å²) in [5.41, 5.74) is 0. The van der Waals surface area contributed by atoms with Crippen LogP contribution < -0.4 is 0 Å². The third-order valence-corrected chi connectivity index (χ3v) is 1.33. The molecule has 0 heterocycles. The van der Waals surface area contributed by atoms with E-state index < -0.39 is 0 Å². The molecule has 10 heavy (non-hydrogen) atoms. The number of rotatable bonds is 2. The van der Waals surface area contributed by atoms with Gasteiger partial charge in [0.05, 0.1) is 6.10 Å². The van der Waals surface area contributed by atoms with E-state index in [1.165, 1.54) is 0 Å². The predicted molar refractivity (Wildman–Crippen MR) is 38.5 cm³/mol. The summed E-state index contributed by atoms with van der Waals surface area (Å²) >= 11 is 0. The van der Waals surface area contributed by atoms with E-state index in [4.69, 9.17) is 4.74 Å². The lowest BCUT2D eigenvalue weighted by molar-refractivity contribution is -0.114. The standard InChI is InChI=1S/C8H12O2/c1-6(2)10-8-4-3-7(9)5-8/h5-6H,3-4H2,1-2H3. The van der Waals surface area contributed by atoms with Crippen LogP contribution in [0.4, 0.5) is 0 Å². The van der Waals surface area contributed by atoms with E-state index in [1.807, 2.05) is 13.8 Å². The summed E-state index contributed by atoms with van der Waals surface area (Å²) in [6, 6.07) is 0. The number of carbonyl (C=O) groups is 1. The predicted octanol–water partition coefficient (Wildman–Crippen LogP) is 1.66. The van der Waals surface area contributed by atoms with Gasteiger partial charge in [0.1, 0.15) is 5.76 Å². The first-order valence-corrected chi connectivity index (χ1v) is 3.58. The number of carbonyl (C=O) groups excluding carboxylic acids is 1. The molecule has 0 atom stereocenters. The van der Waals surface area contributed by atoms with Gasteiger partial charge in [-0.25, -0.2) is 0 Å². The minimum atomic E-state index is 0.190. The molecule has 56 valence electrons. The van der Waals surface area contributed by atoms with Crippen LogP contribution in [0.1, 0.15) is 26.7 Å². The molecule has 1 aliphatic carbocycles. The highest BCUT2D eigenvalue weighted by atomic mass is 16.5. The van der Waals surface area contributed by atoms with Gasteiger partial charge in [-0.1, -0.05) is 0 Å². The monoisotopic (exact) mass is 140 g/mol. The topological polar surface area (TPSA) is 26.3 Å². The molecule has 1 aliphatic rings. The molecule has 0 saturated carbocycles. The Morgan fingerprint density at radius 1 is 1.50 bits per heavy atom. The summed E-state index contributed by atoms with van der Waals surface area (Å²) in [5, 5.41) is 0. The van der Waals surface area contributed by atoms with Gasteiger partial charge in [0.2, 0.25) is 0 Å². The van der Waals surface area contributed by atoms with Gasteiger partial charge in [0, 0.05) is 18.9 Å². The van der Waals surface area contributed by atoms with Gasteiger partial charge < -0.3 is 4.74 Å². The number of hydrogen-bond acceptors (Lipinski definition) is 2. The first-order chi connectivity index (χ1) is 4.68. The third-order valence-electron chi connectivity index (χ3n) is 1.33. The molecule has 0 aliphatic heterocycles. The average Bonchev–Trinajstić information content (AvgIpc) is 2.13. The van der Waals surface area contributed by atoms with Crippen LogP contribution in [0, 0.1) is 0 Å². The van der Waals surface area contributed by atoms with E-state index in [9.17, 15) is 4.79 Å². The van der Waals surface area contributed by atoms with Crippen molar-refractivity contribution in [3.63, 3.8) is 0 Å². The van der Waals surface area contributed by atoms with Crippen LogP contribution in [0.3, 0.4) is 0 Å². The average molecular weight is 140 g/mol. The van der Waals surface area contributed by atoms with Gasteiger partial charge in [-0.05, 0) is 13.8 Å². The molecule has 1 rings (SSSR count). The van der Waals surface area contributed by atoms with Crippen molar-refractivity contribution in [1.82, 2.24) is 0 Å². The molecule has 0 saturated heterocycles. The van der Waals surface area contributed by atoms with E-state index in [1.54, 1.807) is 6.08 Å². The molecule has 0 N–H and O–H groups in total. The van der Waals surface area contributed by atoms with Crippen LogP contribution in [0.15, 0.2) is 11.8 Å². The second-order valence-corrected chi connectivity index (χ2v) is 2.74. The molecule has 0 unspecified atom stereocenters. The van der Waals surface area contributed by atoms with Gasteiger partial charge in [-0.3, -0.25) is 4.79 Å². The molecular weight excluding hydrogens is 128 g/mol. The van der Waals surface area contributed by atoms with Crippen molar-refractivity contribution < 1.29 is 9.53 Å². The quantitative estimate of drug-likeness (QED) is 0.583. The van der Waals surface area contributed by atoms with Gasteiger partial charge >= 0.3 is 0 Å². The maximum Gasteiger partial charge on any atom is 0.159 e. The van der Waals surface area contributed by atoms with E-state index in [-0.39, 0.29) is 11.9 Å². The Morgan fingerprint density at radius 3 is 2.60 bits per heavy atom. The van der Waals surface area contributed by atoms with Crippen LogP contribution in [0.5, 0.6) is 0 Å². The highest BCUT2D eigenvalue weighted by Crippen LogP contribution is 2.17. The van der Waals surface area contributed by atoms with E-state index in [0.717, 1.165) is 12.2 Å². The Balaban J connectivity index is 2.43. The van der Waals surface area contributed by atoms with Crippen molar-refractivity contribution >= 4 is 5.78 Å². The zero-order valence-electron chi connectivity index (χ0n) is 6.39. The summed E-state index contributed by atoms with van der Waals surface area (Å²) in [5.74, 6) is 1.04. The molecule has 0 fully saturated rings. The summed E-state index contributed by atoms with van der Waals surface area (Å²) in [6.07, 6.45) is 3.20. The molecule has 0 spiro atoms. The lowest BCUT2D eigenvalue weighted by atomic mass is 10.3. The second kappa shape index (κ2) is 2.86. The first-order valence-electron chi connectivity index (χ1n) is 3.58. The fourth-order valence-corrected chi connectivity index (χ4v) is 0.966. The lowest BCUT2D eigenvalue weighted by Crippen LogP contribution is -2.00. The first kappa shape index (κ1) is 7.32. The lowest BCUT2D eigenvalue weighted by Gasteiger charge is -2.08. The molecular formula is C8H12O2. The molecule has 0 radical (unpaired) electrons. The van der Waals surface area contributed by atoms with Gasteiger partial charge in [-0.15, -0.1) is 0 Å². The van der Waals surface area contributed by atoms with Crippen molar-refractivity contribution in [2.75, 3.05) is 0 Å². The fraction of sp³-hybridized carbons (Fsp3) is 0.625. The zero-order valence-corrected chi connectivity index (χ0v) is 6.39. The Hall–Kier alpha value is -0.790. The minimum absolute atomic E-state index is 0.190. The van der Waals surface area contributed by atoms with E-state index in [0.29, 0.717) is 6.42 Å². The van der Waals surface area contributed by atoms with Gasteiger partial charge in [0.15, 0.2) is 5.78 Å². The van der Waals surface area contributed by atoms with Crippen molar-refractivity contribution in [2.45, 2.75) is 32.8 Å². The minimum Gasteiger partial charge on any atom is -0.495 e. The normalized spacial score (nSPS) is 17.9. The van der Waals surface area contributed by atoms with E-state index in [2.05, 4.69) is 0 Å². The van der Waals surface area contributed by atoms with Crippen LogP contribution >= 0.6 is 0 Å². The molecule has 0 bridgehead atoms. The molecule has 2 nitrogen and oxygen atoms in total. The summed E-state index contributed by atoms with van der Waals surface area (Å²) in [4.78, 5) is 10.7. The Morgan fingerprint density at radius 2 is 2.20 bits per heavy atom. The number of allylic oxidation sites excluding steroid dienone is 2. The highest BCUT2D eigenvalue weighted by Gasteiger charge is 2.13. The molecule has 0 aromatic rings. The largest absolute Gasteiger partial charge is 0.495 e. The Labute approximate surface area is 60.9 Å². The molecule has 0 amide bonds. The SMILES string of the molecule is CC(C)OC1=CC(=O)CC1. The number of ether oxygens (including phenoxy) is 1. The van der Waals surface area contributed by atoms with Gasteiger partial charge in [-0.2, -0.15) is 0 Å². The van der Waals surface area contributed by atoms with Crippen molar-refractivity contribution in [3.05, 3.63) is 11.8 Å². The summed E-state index contributed by atoms with van der Waals surface area (Å²) in [6.45, 7) is 3.92. The molecule has 0 aromatic carbocycles. The van der Waals surface area contributed by atoms with Gasteiger partial charge in [0.25, 0.3) is 0 Å². The second-order valence-electron chi connectivity index (χ2n) is 2.74. The Kier molecular flexibility index (Phi) is 2.10.